The zero-order chi connectivity index (χ0) is 17.8. The molecule has 0 amide bonds. The van der Waals surface area contributed by atoms with Crippen molar-refractivity contribution < 1.29 is 32.7 Å². The van der Waals surface area contributed by atoms with Crippen LogP contribution >= 0.6 is 0 Å². The van der Waals surface area contributed by atoms with Crippen molar-refractivity contribution in [2.75, 3.05) is 27.9 Å². The van der Waals surface area contributed by atoms with Gasteiger partial charge in [-0.2, -0.15) is 0 Å². The van der Waals surface area contributed by atoms with E-state index in [0.29, 0.717) is 40.1 Å². The monoisotopic (exact) mass is 350 g/mol. The highest BCUT2D eigenvalue weighted by atomic mass is 28.4. The van der Waals surface area contributed by atoms with Crippen molar-refractivity contribution in [2.45, 2.75) is 19.4 Å². The molecule has 0 atom stereocenters. The minimum atomic E-state index is -2.53. The lowest BCUT2D eigenvalue weighted by Gasteiger charge is -2.24. The lowest BCUT2D eigenvalue weighted by molar-refractivity contribution is -0.139. The fourth-order valence-electron chi connectivity index (χ4n) is 1.13. The second-order valence-corrected chi connectivity index (χ2v) is 8.70. The van der Waals surface area contributed by atoms with Crippen molar-refractivity contribution in [3.05, 3.63) is 23.9 Å². The first-order valence-electron chi connectivity index (χ1n) is 6.52. The molecule has 7 nitrogen and oxygen atoms in total. The fraction of sp³-hybridized carbons (Fsp3) is 0.538. The van der Waals surface area contributed by atoms with Gasteiger partial charge in [0.2, 0.25) is 0 Å². The maximum atomic E-state index is 11.1. The number of carbonyl (C=O) groups excluding carboxylic acids is 1. The molecule has 0 aliphatic rings. The molecule has 0 aliphatic heterocycles. The summed E-state index contributed by atoms with van der Waals surface area (Å²) in [5, 5.41) is 8.24. The molecule has 0 fully saturated rings. The van der Waals surface area contributed by atoms with Crippen LogP contribution in [0.4, 0.5) is 0 Å². The smallest absolute Gasteiger partial charge is 0.478 e. The predicted molar refractivity (Wildman–Crippen MR) is 88.7 cm³/mol. The quantitative estimate of drug-likeness (QED) is 0.277. The van der Waals surface area contributed by atoms with Crippen molar-refractivity contribution in [3.63, 3.8) is 0 Å². The number of esters is 1. The summed E-state index contributed by atoms with van der Waals surface area (Å²) in [6.45, 7) is 8.64. The zero-order valence-electron chi connectivity index (χ0n) is 13.9. The topological polar surface area (TPSA) is 91.3 Å². The Kier molecular flexibility index (Phi) is 12.9. The van der Waals surface area contributed by atoms with Crippen LogP contribution in [0.2, 0.25) is 6.04 Å². The predicted octanol–water partition coefficient (Wildman–Crippen LogP) is 0.324. The van der Waals surface area contributed by atoms with E-state index in [2.05, 4.69) is 13.2 Å². The third-order valence-electron chi connectivity index (χ3n) is 2.51. The summed E-state index contributed by atoms with van der Waals surface area (Å²) in [7, 11) is 2.69. The van der Waals surface area contributed by atoms with Gasteiger partial charge in [-0.05, 0) is 13.3 Å². The highest BCUT2D eigenvalue weighted by Crippen LogP contribution is 2.14. The number of carboxylic acid groups (broad SMARTS) is 1. The van der Waals surface area contributed by atoms with Crippen LogP contribution in [0, 0.1) is 0 Å². The summed E-state index contributed by atoms with van der Waals surface area (Å²) < 4.78 is 20.6. The first-order chi connectivity index (χ1) is 10.2. The van der Waals surface area contributed by atoms with Crippen molar-refractivity contribution in [2.24, 2.45) is 0 Å². The standard InChI is InChI=1S/C10H20O5Si.C3H6O2Si/c1-9(2)10(11)15-7-6-8-16(12-3,13-4)14-5;1-2(6)3(4)5/h1,6-8H2,2-5H3;1H2,6H3,(H,4,5). The second-order valence-electron chi connectivity index (χ2n) is 4.40. The van der Waals surface area contributed by atoms with Gasteiger partial charge in [0.15, 0.2) is 0 Å². The molecule has 128 valence electrons. The van der Waals surface area contributed by atoms with Crippen LogP contribution in [0.5, 0.6) is 0 Å². The number of hydrogen-bond acceptors (Lipinski definition) is 6. The van der Waals surface area contributed by atoms with Crippen molar-refractivity contribution in [3.8, 4) is 0 Å². The Morgan fingerprint density at radius 1 is 1.14 bits per heavy atom. The lowest BCUT2D eigenvalue weighted by atomic mass is 10.4. The highest BCUT2D eigenvalue weighted by Gasteiger charge is 2.36. The molecular formula is C13H26O7Si2. The Morgan fingerprint density at radius 2 is 1.55 bits per heavy atom. The summed E-state index contributed by atoms with van der Waals surface area (Å²) >= 11 is 0. The van der Waals surface area contributed by atoms with Gasteiger partial charge in [-0.1, -0.05) is 13.2 Å². The fourth-order valence-corrected chi connectivity index (χ4v) is 2.82. The molecule has 1 N–H and O–H groups in total. The molecule has 22 heavy (non-hydrogen) atoms. The van der Waals surface area contributed by atoms with E-state index in [0.717, 1.165) is 0 Å². The number of carboxylic acids is 1. The number of ether oxygens (including phenoxy) is 1. The van der Waals surface area contributed by atoms with E-state index < -0.39 is 14.8 Å². The molecule has 0 radical (unpaired) electrons. The molecular weight excluding hydrogens is 324 g/mol. The molecule has 0 aliphatic carbocycles. The number of rotatable bonds is 9. The van der Waals surface area contributed by atoms with Gasteiger partial charge in [0.25, 0.3) is 0 Å². The van der Waals surface area contributed by atoms with E-state index in [4.69, 9.17) is 23.1 Å². The molecule has 0 unspecified atom stereocenters. The lowest BCUT2D eigenvalue weighted by Crippen LogP contribution is -2.42. The largest absolute Gasteiger partial charge is 0.500 e. The van der Waals surface area contributed by atoms with Crippen LogP contribution in [0.25, 0.3) is 0 Å². The van der Waals surface area contributed by atoms with Crippen LogP contribution in [0.1, 0.15) is 13.3 Å². The zero-order valence-corrected chi connectivity index (χ0v) is 16.9. The van der Waals surface area contributed by atoms with Gasteiger partial charge in [-0.25, -0.2) is 9.59 Å². The summed E-state index contributed by atoms with van der Waals surface area (Å²) in [6.07, 6.45) is 0.640. The van der Waals surface area contributed by atoms with Crippen molar-refractivity contribution in [1.29, 1.82) is 0 Å². The molecule has 0 heterocycles. The van der Waals surface area contributed by atoms with Crippen LogP contribution in [-0.4, -0.2) is 64.0 Å². The summed E-state index contributed by atoms with van der Waals surface area (Å²) in [5.41, 5.74) is 0.397. The Bertz CT molecular complexity index is 372. The molecule has 0 rings (SSSR count). The SMILES string of the molecule is C=C(C)C(=O)OCCC[Si](OC)(OC)OC.C=C([SiH3])C(=O)O. The average Bonchev–Trinajstić information content (AvgIpc) is 2.48. The van der Waals surface area contributed by atoms with Gasteiger partial charge in [-0.3, -0.25) is 0 Å². The number of aliphatic carboxylic acids is 1. The maximum absolute atomic E-state index is 11.1. The molecule has 0 aromatic rings. The Balaban J connectivity index is 0. The average molecular weight is 351 g/mol. The van der Waals surface area contributed by atoms with Gasteiger partial charge in [0, 0.05) is 48.4 Å². The van der Waals surface area contributed by atoms with Crippen molar-refractivity contribution >= 4 is 31.0 Å². The van der Waals surface area contributed by atoms with E-state index in [1.807, 2.05) is 0 Å². The van der Waals surface area contributed by atoms with E-state index in [-0.39, 0.29) is 5.97 Å². The van der Waals surface area contributed by atoms with Crippen LogP contribution in [0.3, 0.4) is 0 Å². The molecule has 0 spiro atoms. The number of carbonyl (C=O) groups is 2. The second kappa shape index (κ2) is 12.3. The van der Waals surface area contributed by atoms with E-state index in [9.17, 15) is 9.59 Å². The highest BCUT2D eigenvalue weighted by molar-refractivity contribution is 6.60. The van der Waals surface area contributed by atoms with Crippen LogP contribution in [-0.2, 0) is 27.6 Å². The summed E-state index contributed by atoms with van der Waals surface area (Å²) in [5.74, 6) is -1.25. The van der Waals surface area contributed by atoms with Gasteiger partial charge >= 0.3 is 20.7 Å². The van der Waals surface area contributed by atoms with Gasteiger partial charge in [0.05, 0.1) is 6.61 Å². The molecule has 0 bridgehead atoms. The van der Waals surface area contributed by atoms with E-state index in [1.165, 1.54) is 0 Å². The molecule has 0 aromatic carbocycles. The molecule has 0 aromatic heterocycles. The summed E-state index contributed by atoms with van der Waals surface area (Å²) in [4.78, 5) is 20.7. The third-order valence-corrected chi connectivity index (χ3v) is 5.77. The molecule has 0 saturated carbocycles. The Hall–Kier alpha value is -1.27. The first kappa shape index (κ1) is 23.0. The van der Waals surface area contributed by atoms with Gasteiger partial charge in [0.1, 0.15) is 0 Å². The first-order valence-corrected chi connectivity index (χ1v) is 9.45. The Morgan fingerprint density at radius 3 is 1.82 bits per heavy atom. The molecule has 0 saturated heterocycles. The maximum Gasteiger partial charge on any atom is 0.500 e. The number of hydrogen-bond donors (Lipinski definition) is 1. The van der Waals surface area contributed by atoms with Gasteiger partial charge < -0.3 is 23.1 Å². The normalized spacial score (nSPS) is 10.4. The Labute approximate surface area is 135 Å². The summed E-state index contributed by atoms with van der Waals surface area (Å²) in [6, 6.07) is 0.611. The van der Waals surface area contributed by atoms with E-state index in [1.54, 1.807) is 28.3 Å². The van der Waals surface area contributed by atoms with Gasteiger partial charge in [-0.15, -0.1) is 0 Å². The van der Waals surface area contributed by atoms with Crippen molar-refractivity contribution in [1.82, 2.24) is 0 Å². The van der Waals surface area contributed by atoms with Crippen LogP contribution in [0.15, 0.2) is 23.9 Å². The third kappa shape index (κ3) is 10.5. The molecule has 9 heteroatoms. The van der Waals surface area contributed by atoms with E-state index >= 15 is 0 Å². The minimum Gasteiger partial charge on any atom is -0.478 e. The minimum absolute atomic E-state index is 0.315. The van der Waals surface area contributed by atoms with Crippen LogP contribution < -0.4 is 0 Å².